The van der Waals surface area contributed by atoms with Crippen molar-refractivity contribution < 1.29 is 18.0 Å². The molecule has 1 saturated heterocycles. The van der Waals surface area contributed by atoms with Gasteiger partial charge in [0.25, 0.3) is 0 Å². The number of anilines is 1. The zero-order valence-electron chi connectivity index (χ0n) is 17.1. The van der Waals surface area contributed by atoms with Crippen molar-refractivity contribution in [1.29, 1.82) is 0 Å². The Morgan fingerprint density at radius 3 is 2.70 bits per heavy atom. The van der Waals surface area contributed by atoms with Crippen molar-refractivity contribution in [3.05, 3.63) is 35.2 Å². The molecule has 9 nitrogen and oxygen atoms in total. The van der Waals surface area contributed by atoms with E-state index in [1.807, 2.05) is 26.0 Å². The third-order valence-corrected chi connectivity index (χ3v) is 7.80. The first-order valence-electron chi connectivity index (χ1n) is 9.52. The maximum Gasteiger partial charge on any atom is 0.325 e. The van der Waals surface area contributed by atoms with Gasteiger partial charge in [-0.05, 0) is 37.8 Å². The molecule has 1 atom stereocenters. The van der Waals surface area contributed by atoms with Crippen LogP contribution in [0.2, 0.25) is 0 Å². The highest BCUT2D eigenvalue weighted by Gasteiger charge is 2.29. The van der Waals surface area contributed by atoms with Gasteiger partial charge in [0.15, 0.2) is 15.0 Å². The van der Waals surface area contributed by atoms with Crippen molar-refractivity contribution in [3.63, 3.8) is 0 Å². The largest absolute Gasteiger partial charge is 0.325 e. The number of imide groups is 1. The van der Waals surface area contributed by atoms with E-state index in [0.717, 1.165) is 11.1 Å². The molecular formula is C19H25N5O4S2. The summed E-state index contributed by atoms with van der Waals surface area (Å²) in [5.41, 5.74) is 2.64. The number of thioether (sulfide) groups is 1. The van der Waals surface area contributed by atoms with Crippen LogP contribution in [0.3, 0.4) is 0 Å². The first-order chi connectivity index (χ1) is 14.1. The molecule has 1 aliphatic rings. The van der Waals surface area contributed by atoms with Crippen LogP contribution < -0.4 is 10.6 Å². The first kappa shape index (κ1) is 22.3. The summed E-state index contributed by atoms with van der Waals surface area (Å²) in [6.45, 7) is 3.85. The number of carbonyl (C=O) groups excluding carboxylic acids is 2. The van der Waals surface area contributed by atoms with Crippen LogP contribution in [0.1, 0.15) is 23.4 Å². The summed E-state index contributed by atoms with van der Waals surface area (Å²) < 4.78 is 25.0. The van der Waals surface area contributed by atoms with Gasteiger partial charge in [-0.25, -0.2) is 13.2 Å². The molecule has 2 N–H and O–H groups in total. The number of nitrogens with zero attached hydrogens (tertiary/aromatic N) is 3. The number of nitrogens with one attached hydrogen (secondary N) is 2. The van der Waals surface area contributed by atoms with Gasteiger partial charge in [-0.1, -0.05) is 29.5 Å². The fourth-order valence-corrected chi connectivity index (χ4v) is 5.93. The van der Waals surface area contributed by atoms with Crippen LogP contribution in [0.15, 0.2) is 23.4 Å². The summed E-state index contributed by atoms with van der Waals surface area (Å²) in [4.78, 5) is 24.2. The van der Waals surface area contributed by atoms with Crippen LogP contribution in [-0.2, 0) is 28.1 Å². The highest BCUT2D eigenvalue weighted by molar-refractivity contribution is 7.99. The molecule has 1 aliphatic heterocycles. The van der Waals surface area contributed by atoms with E-state index in [9.17, 15) is 18.0 Å². The summed E-state index contributed by atoms with van der Waals surface area (Å²) in [5, 5.41) is 13.7. The van der Waals surface area contributed by atoms with Crippen molar-refractivity contribution in [1.82, 2.24) is 20.1 Å². The molecule has 0 bridgehead atoms. The third kappa shape index (κ3) is 5.82. The fourth-order valence-electron chi connectivity index (χ4n) is 3.34. The number of rotatable bonds is 6. The highest BCUT2D eigenvalue weighted by Crippen LogP contribution is 2.23. The van der Waals surface area contributed by atoms with Gasteiger partial charge in [0.05, 0.1) is 17.3 Å². The lowest BCUT2D eigenvalue weighted by atomic mass is 10.1. The maximum atomic E-state index is 12.1. The van der Waals surface area contributed by atoms with Crippen LogP contribution >= 0.6 is 11.8 Å². The van der Waals surface area contributed by atoms with Gasteiger partial charge >= 0.3 is 6.03 Å². The summed E-state index contributed by atoms with van der Waals surface area (Å²) in [6.07, 6.45) is 1.17. The van der Waals surface area contributed by atoms with Crippen molar-refractivity contribution in [2.24, 2.45) is 13.0 Å². The van der Waals surface area contributed by atoms with Crippen LogP contribution in [-0.4, -0.2) is 52.4 Å². The predicted octanol–water partition coefficient (Wildman–Crippen LogP) is 1.85. The second kappa shape index (κ2) is 9.17. The zero-order valence-corrected chi connectivity index (χ0v) is 18.8. The molecule has 3 rings (SSSR count). The Morgan fingerprint density at radius 2 is 2.03 bits per heavy atom. The zero-order chi connectivity index (χ0) is 21.9. The topological polar surface area (TPSA) is 123 Å². The molecule has 11 heteroatoms. The molecule has 0 aliphatic carbocycles. The summed E-state index contributed by atoms with van der Waals surface area (Å²) >= 11 is 1.17. The maximum absolute atomic E-state index is 12.1. The number of hydrogen-bond donors (Lipinski definition) is 2. The van der Waals surface area contributed by atoms with Gasteiger partial charge in [-0.3, -0.25) is 10.1 Å². The normalized spacial score (nSPS) is 17.6. The molecule has 0 radical (unpaired) electrons. The number of aryl methyl sites for hydroxylation is 2. The molecule has 1 aromatic carbocycles. The molecule has 0 saturated carbocycles. The standard InChI is InChI=1S/C19H25N5O4S2/c1-12-4-5-15(13(2)8-12)20-18(26)21-17(25)10-29-19-23-22-16(24(19)3)9-14-6-7-30(27,28)11-14/h4-5,8,14H,6-7,9-11H2,1-3H3,(H2,20,21,25,26). The minimum Gasteiger partial charge on any atom is -0.309 e. The Hall–Kier alpha value is -2.40. The molecule has 2 heterocycles. The molecule has 1 unspecified atom stereocenters. The van der Waals surface area contributed by atoms with Gasteiger partial charge in [0.1, 0.15) is 5.82 Å². The Morgan fingerprint density at radius 1 is 1.27 bits per heavy atom. The fraction of sp³-hybridized carbons (Fsp3) is 0.474. The lowest BCUT2D eigenvalue weighted by Crippen LogP contribution is -2.35. The number of sulfone groups is 1. The summed E-state index contributed by atoms with van der Waals surface area (Å²) in [7, 11) is -1.15. The number of urea groups is 1. The van der Waals surface area contributed by atoms with E-state index in [4.69, 9.17) is 0 Å². The molecule has 0 spiro atoms. The average Bonchev–Trinajstić information content (AvgIpc) is 3.18. The number of benzene rings is 1. The van der Waals surface area contributed by atoms with Crippen LogP contribution in [0.5, 0.6) is 0 Å². The Balaban J connectivity index is 1.49. The second-order valence-corrected chi connectivity index (χ2v) is 10.7. The number of hydrogen-bond acceptors (Lipinski definition) is 7. The van der Waals surface area contributed by atoms with E-state index in [0.29, 0.717) is 29.5 Å². The van der Waals surface area contributed by atoms with E-state index in [-0.39, 0.29) is 23.2 Å². The average molecular weight is 452 g/mol. The monoisotopic (exact) mass is 451 g/mol. The van der Waals surface area contributed by atoms with Gasteiger partial charge in [-0.15, -0.1) is 10.2 Å². The molecule has 1 fully saturated rings. The van der Waals surface area contributed by atoms with E-state index in [1.165, 1.54) is 11.8 Å². The van der Waals surface area contributed by atoms with Gasteiger partial charge in [-0.2, -0.15) is 0 Å². The predicted molar refractivity (Wildman–Crippen MR) is 115 cm³/mol. The van der Waals surface area contributed by atoms with Crippen molar-refractivity contribution >= 4 is 39.2 Å². The molecule has 30 heavy (non-hydrogen) atoms. The number of aromatic nitrogens is 3. The minimum absolute atomic E-state index is 0.00405. The molecular weight excluding hydrogens is 426 g/mol. The highest BCUT2D eigenvalue weighted by atomic mass is 32.2. The van der Waals surface area contributed by atoms with Crippen molar-refractivity contribution in [2.75, 3.05) is 22.6 Å². The molecule has 162 valence electrons. The third-order valence-electron chi connectivity index (χ3n) is 4.94. The van der Waals surface area contributed by atoms with Crippen LogP contribution in [0, 0.1) is 19.8 Å². The van der Waals surface area contributed by atoms with Crippen LogP contribution in [0.4, 0.5) is 10.5 Å². The first-order valence-corrected chi connectivity index (χ1v) is 12.3. The SMILES string of the molecule is Cc1ccc(NC(=O)NC(=O)CSc2nnc(CC3CCS(=O)(=O)C3)n2C)c(C)c1. The Labute approximate surface area is 179 Å². The summed E-state index contributed by atoms with van der Waals surface area (Å²) in [5.74, 6) is 0.695. The van der Waals surface area contributed by atoms with Crippen molar-refractivity contribution in [2.45, 2.75) is 31.8 Å². The quantitative estimate of drug-likeness (QED) is 0.643. The lowest BCUT2D eigenvalue weighted by Gasteiger charge is -2.10. The Bertz CT molecular complexity index is 1060. The number of carbonyl (C=O) groups is 2. The smallest absolute Gasteiger partial charge is 0.309 e. The van der Waals surface area contributed by atoms with Gasteiger partial charge in [0.2, 0.25) is 5.91 Å². The van der Waals surface area contributed by atoms with E-state index >= 15 is 0 Å². The Kier molecular flexibility index (Phi) is 6.81. The van der Waals surface area contributed by atoms with Crippen LogP contribution in [0.25, 0.3) is 0 Å². The molecule has 2 aromatic rings. The van der Waals surface area contributed by atoms with E-state index in [1.54, 1.807) is 17.7 Å². The molecule has 3 amide bonds. The van der Waals surface area contributed by atoms with E-state index < -0.39 is 21.8 Å². The minimum atomic E-state index is -2.94. The second-order valence-electron chi connectivity index (χ2n) is 7.54. The number of amides is 3. The van der Waals surface area contributed by atoms with Gasteiger partial charge in [0, 0.05) is 19.2 Å². The lowest BCUT2D eigenvalue weighted by molar-refractivity contribution is -0.117. The van der Waals surface area contributed by atoms with E-state index in [2.05, 4.69) is 20.8 Å². The summed E-state index contributed by atoms with van der Waals surface area (Å²) in [6, 6.07) is 5.03. The van der Waals surface area contributed by atoms with Gasteiger partial charge < -0.3 is 9.88 Å². The molecule has 1 aromatic heterocycles. The van der Waals surface area contributed by atoms with Crippen molar-refractivity contribution in [3.8, 4) is 0 Å².